The van der Waals surface area contributed by atoms with Crippen molar-refractivity contribution in [3.8, 4) is 6.07 Å². The van der Waals surface area contributed by atoms with Gasteiger partial charge in [-0.15, -0.1) is 0 Å². The van der Waals surface area contributed by atoms with E-state index in [0.717, 1.165) is 5.69 Å². The molecule has 2 rings (SSSR count). The number of nitrogens with zero attached hydrogens (tertiary/aromatic N) is 3. The van der Waals surface area contributed by atoms with Crippen molar-refractivity contribution >= 4 is 29.6 Å². The minimum atomic E-state index is -1.57. The van der Waals surface area contributed by atoms with E-state index in [4.69, 9.17) is 10.00 Å². The molecule has 0 radical (unpaired) electrons. The van der Waals surface area contributed by atoms with Gasteiger partial charge < -0.3 is 35.1 Å². The van der Waals surface area contributed by atoms with Crippen molar-refractivity contribution in [3.05, 3.63) is 29.8 Å². The lowest BCUT2D eigenvalue weighted by molar-refractivity contribution is -0.308. The topological polar surface area (TPSA) is 155 Å². The summed E-state index contributed by atoms with van der Waals surface area (Å²) in [7, 11) is 0. The van der Waals surface area contributed by atoms with Gasteiger partial charge in [-0.05, 0) is 30.2 Å². The number of hydrogen-bond acceptors (Lipinski definition) is 8. The maximum absolute atomic E-state index is 12.4. The van der Waals surface area contributed by atoms with Crippen LogP contribution in [0.3, 0.4) is 0 Å². The maximum atomic E-state index is 12.4. The monoisotopic (exact) mass is 444 g/mol. The van der Waals surface area contributed by atoms with E-state index in [1.54, 1.807) is 24.3 Å². The molecule has 0 aliphatic carbocycles. The lowest BCUT2D eigenvalue weighted by Crippen LogP contribution is -2.56. The molecule has 1 atom stereocenters. The third-order valence-corrected chi connectivity index (χ3v) is 4.64. The Labute approximate surface area is 185 Å². The van der Waals surface area contributed by atoms with Gasteiger partial charge in [0, 0.05) is 25.3 Å². The van der Waals surface area contributed by atoms with Crippen molar-refractivity contribution in [1.29, 1.82) is 5.26 Å². The predicted octanol–water partition coefficient (Wildman–Crippen LogP) is -1.18. The van der Waals surface area contributed by atoms with Gasteiger partial charge in [0.05, 0.1) is 43.3 Å². The van der Waals surface area contributed by atoms with E-state index >= 15 is 0 Å². The summed E-state index contributed by atoms with van der Waals surface area (Å²) in [6, 6.07) is 7.41. The highest BCUT2D eigenvalue weighted by atomic mass is 16.5. The van der Waals surface area contributed by atoms with Crippen LogP contribution >= 0.6 is 0 Å². The standard InChI is InChI=1S/C21H27N5O6/c1-14(2)13-32-21(31)24-17(20(29)30)10-23-18(27)11-26-8-7-25(12-19(26)28)16-5-3-15(9-22)4-6-16/h3-6,14,17H,7-8,10-13H2,1-2H3,(H,23,27)(H,24,31)(H,29,30)/p-1. The number of carboxylic acid groups (broad SMARTS) is 1. The van der Waals surface area contributed by atoms with E-state index in [-0.39, 0.29) is 31.5 Å². The van der Waals surface area contributed by atoms with E-state index in [1.807, 2.05) is 24.8 Å². The van der Waals surface area contributed by atoms with E-state index in [1.165, 1.54) is 4.90 Å². The van der Waals surface area contributed by atoms with Gasteiger partial charge >= 0.3 is 6.09 Å². The lowest BCUT2D eigenvalue weighted by Gasteiger charge is -2.35. The van der Waals surface area contributed by atoms with Gasteiger partial charge in [0.15, 0.2) is 0 Å². The smallest absolute Gasteiger partial charge is 0.407 e. The molecule has 32 heavy (non-hydrogen) atoms. The Bertz CT molecular complexity index is 880. The lowest BCUT2D eigenvalue weighted by atomic mass is 10.2. The third kappa shape index (κ3) is 7.46. The number of hydrogen-bond donors (Lipinski definition) is 2. The number of carbonyl (C=O) groups is 4. The molecule has 0 aromatic heterocycles. The first-order valence-electron chi connectivity index (χ1n) is 10.1. The molecular formula is C21H26N5O6-. The van der Waals surface area contributed by atoms with Crippen LogP contribution in [0.25, 0.3) is 0 Å². The molecular weight excluding hydrogens is 418 g/mol. The van der Waals surface area contributed by atoms with Crippen LogP contribution in [0, 0.1) is 17.2 Å². The quantitative estimate of drug-likeness (QED) is 0.482. The van der Waals surface area contributed by atoms with Crippen LogP contribution in [0.1, 0.15) is 19.4 Å². The second kappa shape index (κ2) is 11.5. The van der Waals surface area contributed by atoms with Gasteiger partial charge in [-0.2, -0.15) is 5.26 Å². The van der Waals surface area contributed by atoms with Crippen LogP contribution in [0.4, 0.5) is 10.5 Å². The molecule has 1 aliphatic heterocycles. The normalized spacial score (nSPS) is 14.5. The highest BCUT2D eigenvalue weighted by molar-refractivity contribution is 5.88. The molecule has 1 heterocycles. The number of aliphatic carboxylic acids is 1. The van der Waals surface area contributed by atoms with Gasteiger partial charge in [0.2, 0.25) is 11.8 Å². The summed E-state index contributed by atoms with van der Waals surface area (Å²) in [5.74, 6) is -2.31. The fourth-order valence-corrected chi connectivity index (χ4v) is 2.91. The van der Waals surface area contributed by atoms with Crippen molar-refractivity contribution in [2.75, 3.05) is 44.2 Å². The number of nitrogens with one attached hydrogen (secondary N) is 2. The molecule has 1 saturated heterocycles. The van der Waals surface area contributed by atoms with E-state index < -0.39 is 30.6 Å². The first-order valence-corrected chi connectivity index (χ1v) is 10.1. The van der Waals surface area contributed by atoms with Crippen LogP contribution in [-0.2, 0) is 19.1 Å². The molecule has 11 heteroatoms. The molecule has 3 amide bonds. The van der Waals surface area contributed by atoms with Gasteiger partial charge in [-0.3, -0.25) is 9.59 Å². The molecule has 172 valence electrons. The van der Waals surface area contributed by atoms with Gasteiger partial charge in [0.1, 0.15) is 0 Å². The average molecular weight is 444 g/mol. The maximum Gasteiger partial charge on any atom is 0.407 e. The van der Waals surface area contributed by atoms with Crippen molar-refractivity contribution in [3.63, 3.8) is 0 Å². The molecule has 1 unspecified atom stereocenters. The molecule has 1 aliphatic rings. The van der Waals surface area contributed by atoms with E-state index in [9.17, 15) is 24.3 Å². The van der Waals surface area contributed by atoms with Crippen molar-refractivity contribution < 1.29 is 29.0 Å². The zero-order valence-electron chi connectivity index (χ0n) is 18.0. The van der Waals surface area contributed by atoms with Gasteiger partial charge in [0.25, 0.3) is 0 Å². The average Bonchev–Trinajstić information content (AvgIpc) is 2.76. The molecule has 1 aromatic carbocycles. The fourth-order valence-electron chi connectivity index (χ4n) is 2.91. The summed E-state index contributed by atoms with van der Waals surface area (Å²) in [5, 5.41) is 24.6. The summed E-state index contributed by atoms with van der Waals surface area (Å²) >= 11 is 0. The van der Waals surface area contributed by atoms with Crippen LogP contribution in [0.5, 0.6) is 0 Å². The molecule has 1 fully saturated rings. The Hall–Kier alpha value is -3.81. The molecule has 0 spiro atoms. The highest BCUT2D eigenvalue weighted by Gasteiger charge is 2.26. The zero-order chi connectivity index (χ0) is 23.7. The zero-order valence-corrected chi connectivity index (χ0v) is 18.0. The van der Waals surface area contributed by atoms with E-state index in [2.05, 4.69) is 10.6 Å². The second-order valence-corrected chi connectivity index (χ2v) is 7.71. The number of piperazine rings is 1. The van der Waals surface area contributed by atoms with Crippen molar-refractivity contribution in [1.82, 2.24) is 15.5 Å². The summed E-state index contributed by atoms with van der Waals surface area (Å²) in [6.07, 6.45) is -0.920. The number of rotatable bonds is 9. The number of benzene rings is 1. The number of alkyl carbamates (subject to hydrolysis) is 1. The summed E-state index contributed by atoms with van der Waals surface area (Å²) in [6.45, 7) is 4.00. The first kappa shape index (κ1) is 24.5. The number of amides is 3. The number of nitriles is 1. The number of ether oxygens (including phenoxy) is 1. The Morgan fingerprint density at radius 3 is 2.47 bits per heavy atom. The van der Waals surface area contributed by atoms with Crippen LogP contribution in [0.2, 0.25) is 0 Å². The fraction of sp³-hybridized carbons (Fsp3) is 0.476. The molecule has 11 nitrogen and oxygen atoms in total. The van der Waals surface area contributed by atoms with Crippen LogP contribution < -0.4 is 20.6 Å². The summed E-state index contributed by atoms with van der Waals surface area (Å²) in [4.78, 5) is 50.7. The predicted molar refractivity (Wildman–Crippen MR) is 111 cm³/mol. The number of carboxylic acids is 1. The van der Waals surface area contributed by atoms with Crippen molar-refractivity contribution in [2.24, 2.45) is 5.92 Å². The van der Waals surface area contributed by atoms with Crippen LogP contribution in [-0.4, -0.2) is 74.1 Å². The van der Waals surface area contributed by atoms with Gasteiger partial charge in [-0.1, -0.05) is 13.8 Å². The van der Waals surface area contributed by atoms with Crippen LogP contribution in [0.15, 0.2) is 24.3 Å². The molecule has 2 N–H and O–H groups in total. The Morgan fingerprint density at radius 2 is 1.91 bits per heavy atom. The van der Waals surface area contributed by atoms with Gasteiger partial charge in [-0.25, -0.2) is 4.79 Å². The second-order valence-electron chi connectivity index (χ2n) is 7.71. The minimum absolute atomic E-state index is 0.0735. The summed E-state index contributed by atoms with van der Waals surface area (Å²) < 4.78 is 4.86. The first-order chi connectivity index (χ1) is 15.2. The molecule has 0 bridgehead atoms. The van der Waals surface area contributed by atoms with E-state index in [0.29, 0.717) is 18.7 Å². The Kier molecular flexibility index (Phi) is 8.83. The SMILES string of the molecule is CC(C)COC(=O)NC(CNC(=O)CN1CCN(c2ccc(C#N)cc2)CC1=O)C(=O)[O-]. The molecule has 0 saturated carbocycles. The summed E-state index contributed by atoms with van der Waals surface area (Å²) in [5.41, 5.74) is 1.32. The minimum Gasteiger partial charge on any atom is -0.548 e. The van der Waals surface area contributed by atoms with Crippen molar-refractivity contribution in [2.45, 2.75) is 19.9 Å². The molecule has 1 aromatic rings. The Morgan fingerprint density at radius 1 is 1.22 bits per heavy atom. The highest BCUT2D eigenvalue weighted by Crippen LogP contribution is 2.17. The number of carbonyl (C=O) groups excluding carboxylic acids is 4. The Balaban J connectivity index is 1.80. The number of anilines is 1. The largest absolute Gasteiger partial charge is 0.548 e. The third-order valence-electron chi connectivity index (χ3n) is 4.64.